The van der Waals surface area contributed by atoms with E-state index in [1.165, 1.54) is 24.5 Å². The zero-order valence-electron chi connectivity index (χ0n) is 21.1. The number of thiazole rings is 1. The zero-order chi connectivity index (χ0) is 26.9. The van der Waals surface area contributed by atoms with Crippen LogP contribution in [0.3, 0.4) is 0 Å². The summed E-state index contributed by atoms with van der Waals surface area (Å²) in [5.41, 5.74) is 2.61. The van der Waals surface area contributed by atoms with E-state index in [9.17, 15) is 9.90 Å². The number of nitrogens with zero attached hydrogens (tertiary/aromatic N) is 2. The normalized spacial score (nSPS) is 11.9. The molecular formula is C26H28Cl2N4O4S. The number of anilines is 1. The van der Waals surface area contributed by atoms with Crippen LogP contribution in [0.25, 0.3) is 21.5 Å². The highest BCUT2D eigenvalue weighted by molar-refractivity contribution is 7.22. The molecule has 0 amide bonds. The summed E-state index contributed by atoms with van der Waals surface area (Å²) in [5.74, 6) is 0.306. The second-order valence-electron chi connectivity index (χ2n) is 9.57. The average Bonchev–Trinajstić information content (AvgIpc) is 3.45. The van der Waals surface area contributed by atoms with Gasteiger partial charge in [-0.15, -0.1) is 0 Å². The third kappa shape index (κ3) is 5.85. The maximum absolute atomic E-state index is 11.4. The Kier molecular flexibility index (Phi) is 7.99. The smallest absolute Gasteiger partial charge is 0.335 e. The van der Waals surface area contributed by atoms with Crippen LogP contribution in [0, 0.1) is 0 Å². The summed E-state index contributed by atoms with van der Waals surface area (Å²) in [6, 6.07) is 8.44. The molecule has 0 aliphatic heterocycles. The lowest BCUT2D eigenvalue weighted by atomic mass is 9.99. The summed E-state index contributed by atoms with van der Waals surface area (Å²) in [6.45, 7) is 9.27. The fraction of sp³-hybridized carbons (Fsp3) is 0.346. The highest BCUT2D eigenvalue weighted by atomic mass is 35.5. The molecule has 3 N–H and O–H groups in total. The summed E-state index contributed by atoms with van der Waals surface area (Å²) in [5, 5.41) is 22.3. The van der Waals surface area contributed by atoms with E-state index in [1.807, 2.05) is 13.8 Å². The van der Waals surface area contributed by atoms with Crippen molar-refractivity contribution in [2.45, 2.75) is 45.7 Å². The highest BCUT2D eigenvalue weighted by Gasteiger charge is 2.26. The zero-order valence-corrected chi connectivity index (χ0v) is 23.4. The molecule has 0 atom stereocenters. The molecule has 2 aromatic heterocycles. The number of carbonyl (C=O) groups is 1. The first-order chi connectivity index (χ1) is 17.5. The third-order valence-corrected chi connectivity index (χ3v) is 7.48. The van der Waals surface area contributed by atoms with E-state index in [4.69, 9.17) is 32.5 Å². The number of benzene rings is 2. The number of carboxylic acid groups (broad SMARTS) is 1. The summed E-state index contributed by atoms with van der Waals surface area (Å²) in [6.07, 6.45) is 0. The van der Waals surface area contributed by atoms with Crippen LogP contribution >= 0.6 is 34.5 Å². The molecule has 196 valence electrons. The van der Waals surface area contributed by atoms with E-state index in [0.29, 0.717) is 50.8 Å². The molecule has 11 heteroatoms. The van der Waals surface area contributed by atoms with Gasteiger partial charge in [0.2, 0.25) is 0 Å². The van der Waals surface area contributed by atoms with E-state index in [1.54, 1.807) is 24.3 Å². The molecule has 0 saturated carbocycles. The number of nitrogens with one attached hydrogen (secondary N) is 2. The molecule has 4 aromatic rings. The molecule has 0 fully saturated rings. The van der Waals surface area contributed by atoms with Crippen LogP contribution < -0.4 is 15.4 Å². The quantitative estimate of drug-likeness (QED) is 0.188. The number of hydrogen-bond donors (Lipinski definition) is 3. The Morgan fingerprint density at radius 3 is 2.57 bits per heavy atom. The highest BCUT2D eigenvalue weighted by Crippen LogP contribution is 2.39. The van der Waals surface area contributed by atoms with Gasteiger partial charge in [-0.2, -0.15) is 0 Å². The summed E-state index contributed by atoms with van der Waals surface area (Å²) in [7, 11) is 1.50. The minimum absolute atomic E-state index is 0.119. The number of carboxylic acids is 1. The number of ether oxygens (including phenoxy) is 1. The van der Waals surface area contributed by atoms with Crippen LogP contribution in [-0.2, 0) is 6.54 Å². The molecule has 4 rings (SSSR count). The lowest BCUT2D eigenvalue weighted by Gasteiger charge is -2.27. The number of aromatic carboxylic acids is 1. The number of methoxy groups -OCH3 is 1. The molecule has 0 unspecified atom stereocenters. The van der Waals surface area contributed by atoms with Crippen LogP contribution in [0.5, 0.6) is 5.75 Å². The fourth-order valence-electron chi connectivity index (χ4n) is 3.91. The Balaban J connectivity index is 1.53. The lowest BCUT2D eigenvalue weighted by Crippen LogP contribution is -2.44. The van der Waals surface area contributed by atoms with Crippen molar-refractivity contribution < 1.29 is 19.2 Å². The SMILES string of the molecule is COc1cc(C(=O)O)cc2sc(NCC(C)(C)NCc3c(-c4c(Cl)cccc4Cl)noc3C(C)C)nc12. The first kappa shape index (κ1) is 27.2. The van der Waals surface area contributed by atoms with Crippen molar-refractivity contribution in [3.8, 4) is 17.0 Å². The van der Waals surface area contributed by atoms with Crippen molar-refractivity contribution in [3.05, 3.63) is 57.3 Å². The minimum atomic E-state index is -1.01. The number of halogens is 2. The van der Waals surface area contributed by atoms with Gasteiger partial charge in [0.1, 0.15) is 22.7 Å². The van der Waals surface area contributed by atoms with E-state index in [2.05, 4.69) is 34.6 Å². The Bertz CT molecular complexity index is 1430. The summed E-state index contributed by atoms with van der Waals surface area (Å²) < 4.78 is 11.8. The molecular weight excluding hydrogens is 535 g/mol. The van der Waals surface area contributed by atoms with Crippen molar-refractivity contribution in [1.29, 1.82) is 0 Å². The lowest BCUT2D eigenvalue weighted by molar-refractivity contribution is 0.0696. The molecule has 37 heavy (non-hydrogen) atoms. The molecule has 8 nitrogen and oxygen atoms in total. The Morgan fingerprint density at radius 2 is 1.95 bits per heavy atom. The van der Waals surface area contributed by atoms with Crippen molar-refractivity contribution in [1.82, 2.24) is 15.5 Å². The van der Waals surface area contributed by atoms with Crippen LogP contribution in [0.4, 0.5) is 5.13 Å². The third-order valence-electron chi connectivity index (χ3n) is 5.89. The maximum Gasteiger partial charge on any atom is 0.335 e. The standard InChI is InChI=1S/C26H28Cl2N4O4S/c1-13(2)23-15(21(32-36-23)20-16(27)7-6-8-17(20)28)11-30-26(3,4)12-29-25-31-22-18(35-5)9-14(24(33)34)10-19(22)37-25/h6-10,13,30H,11-12H2,1-5H3,(H,29,31)(H,33,34). The topological polar surface area (TPSA) is 110 Å². The van der Waals surface area contributed by atoms with E-state index >= 15 is 0 Å². The van der Waals surface area contributed by atoms with Gasteiger partial charge in [-0.1, -0.05) is 59.6 Å². The van der Waals surface area contributed by atoms with E-state index in [-0.39, 0.29) is 17.0 Å². The first-order valence-corrected chi connectivity index (χ1v) is 13.2. The Labute approximate surface area is 228 Å². The second kappa shape index (κ2) is 10.9. The predicted molar refractivity (Wildman–Crippen MR) is 149 cm³/mol. The van der Waals surface area contributed by atoms with Gasteiger partial charge in [-0.05, 0) is 38.1 Å². The molecule has 0 aliphatic rings. The van der Waals surface area contributed by atoms with Crippen LogP contribution in [-0.4, -0.2) is 40.4 Å². The Hall–Kier alpha value is -2.85. The van der Waals surface area contributed by atoms with Crippen molar-refractivity contribution >= 4 is 55.9 Å². The van der Waals surface area contributed by atoms with E-state index in [0.717, 1.165) is 16.0 Å². The fourth-order valence-corrected chi connectivity index (χ4v) is 5.40. The predicted octanol–water partition coefficient (Wildman–Crippen LogP) is 7.07. The molecule has 2 heterocycles. The number of rotatable bonds is 10. The van der Waals surface area contributed by atoms with Crippen molar-refractivity contribution in [3.63, 3.8) is 0 Å². The molecule has 0 spiro atoms. The molecule has 0 saturated heterocycles. The van der Waals surface area contributed by atoms with Gasteiger partial charge in [0.25, 0.3) is 0 Å². The molecule has 0 aliphatic carbocycles. The van der Waals surface area contributed by atoms with Crippen molar-refractivity contribution in [2.24, 2.45) is 0 Å². The minimum Gasteiger partial charge on any atom is -0.494 e. The largest absolute Gasteiger partial charge is 0.494 e. The molecule has 2 aromatic carbocycles. The maximum atomic E-state index is 11.4. The van der Waals surface area contributed by atoms with Gasteiger partial charge in [-0.25, -0.2) is 9.78 Å². The monoisotopic (exact) mass is 562 g/mol. The second-order valence-corrected chi connectivity index (χ2v) is 11.4. The molecule has 0 bridgehead atoms. The number of hydrogen-bond acceptors (Lipinski definition) is 8. The van der Waals surface area contributed by atoms with Gasteiger partial charge in [0.15, 0.2) is 5.13 Å². The van der Waals surface area contributed by atoms with Gasteiger partial charge >= 0.3 is 5.97 Å². The van der Waals surface area contributed by atoms with Crippen molar-refractivity contribution in [2.75, 3.05) is 19.0 Å². The first-order valence-electron chi connectivity index (χ1n) is 11.6. The van der Waals surface area contributed by atoms with Gasteiger partial charge in [-0.3, -0.25) is 0 Å². The Morgan fingerprint density at radius 1 is 1.24 bits per heavy atom. The van der Waals surface area contributed by atoms with E-state index < -0.39 is 5.97 Å². The van der Waals surface area contributed by atoms with Crippen LogP contribution in [0.15, 0.2) is 34.9 Å². The summed E-state index contributed by atoms with van der Waals surface area (Å²) in [4.78, 5) is 16.1. The van der Waals surface area contributed by atoms with Crippen LogP contribution in [0.2, 0.25) is 10.0 Å². The summed E-state index contributed by atoms with van der Waals surface area (Å²) >= 11 is 14.3. The average molecular weight is 564 g/mol. The molecule has 0 radical (unpaired) electrons. The van der Waals surface area contributed by atoms with Crippen LogP contribution in [0.1, 0.15) is 55.3 Å². The number of fused-ring (bicyclic) bond motifs is 1. The van der Waals surface area contributed by atoms with Gasteiger partial charge < -0.3 is 25.0 Å². The van der Waals surface area contributed by atoms with Gasteiger partial charge in [0, 0.05) is 35.7 Å². The van der Waals surface area contributed by atoms with Gasteiger partial charge in [0.05, 0.1) is 27.4 Å². The number of aromatic nitrogens is 2.